The van der Waals surface area contributed by atoms with Crippen LogP contribution in [0.3, 0.4) is 0 Å². The Morgan fingerprint density at radius 3 is 2.62 bits per heavy atom. The molecule has 184 valence electrons. The van der Waals surface area contributed by atoms with Crippen LogP contribution in [0.5, 0.6) is 11.5 Å². The van der Waals surface area contributed by atoms with Crippen LogP contribution in [-0.2, 0) is 4.79 Å². The largest absolute Gasteiger partial charge is 0.503 e. The first-order valence-corrected chi connectivity index (χ1v) is 12.4. The Labute approximate surface area is 205 Å². The monoisotopic (exact) mass is 486 g/mol. The summed E-state index contributed by atoms with van der Waals surface area (Å²) in [6.45, 7) is 6.02. The number of Topliss-reactive ketones (excluding diaryl/α,β-unsaturated/α-hetero) is 1. The summed E-state index contributed by atoms with van der Waals surface area (Å²) in [6, 6.07) is 8.22. The van der Waals surface area contributed by atoms with Gasteiger partial charge < -0.3 is 24.4 Å². The second-order valence-electron chi connectivity index (χ2n) is 9.07. The van der Waals surface area contributed by atoms with Gasteiger partial charge in [0.25, 0.3) is 5.91 Å². The van der Waals surface area contributed by atoms with Gasteiger partial charge in [-0.15, -0.1) is 11.3 Å². The molecule has 1 N–H and O–H groups in total. The minimum atomic E-state index is -0.706. The zero-order chi connectivity index (χ0) is 24.8. The Bertz CT molecular complexity index is 1030. The number of hydrogen-bond donors (Lipinski definition) is 1. The fourth-order valence-electron chi connectivity index (χ4n) is 3.94. The minimum Gasteiger partial charge on any atom is -0.503 e. The van der Waals surface area contributed by atoms with E-state index in [4.69, 9.17) is 9.47 Å². The number of aliphatic hydroxyl groups is 1. The Morgan fingerprint density at radius 1 is 1.24 bits per heavy atom. The van der Waals surface area contributed by atoms with Gasteiger partial charge in [-0.2, -0.15) is 0 Å². The summed E-state index contributed by atoms with van der Waals surface area (Å²) in [7, 11) is 5.50. The molecule has 34 heavy (non-hydrogen) atoms. The molecule has 2 aromatic rings. The summed E-state index contributed by atoms with van der Waals surface area (Å²) in [5.74, 6) is 0.303. The van der Waals surface area contributed by atoms with Crippen LogP contribution in [-0.4, -0.2) is 67.5 Å². The van der Waals surface area contributed by atoms with Gasteiger partial charge in [-0.25, -0.2) is 0 Å². The molecule has 1 unspecified atom stereocenters. The first-order valence-electron chi connectivity index (χ1n) is 11.5. The summed E-state index contributed by atoms with van der Waals surface area (Å²) >= 11 is 1.29. The summed E-state index contributed by atoms with van der Waals surface area (Å²) in [5, 5.41) is 12.6. The van der Waals surface area contributed by atoms with Gasteiger partial charge in [0.15, 0.2) is 17.3 Å². The summed E-state index contributed by atoms with van der Waals surface area (Å²) in [6.07, 6.45) is 1.62. The van der Waals surface area contributed by atoms with Gasteiger partial charge in [-0.1, -0.05) is 26.0 Å². The lowest BCUT2D eigenvalue weighted by molar-refractivity contribution is -0.129. The van der Waals surface area contributed by atoms with E-state index in [-0.39, 0.29) is 11.4 Å². The maximum Gasteiger partial charge on any atom is 0.290 e. The number of amides is 1. The third-order valence-corrected chi connectivity index (χ3v) is 6.62. The molecule has 0 saturated heterocycles. The third-order valence-electron chi connectivity index (χ3n) is 5.75. The van der Waals surface area contributed by atoms with E-state index in [0.717, 1.165) is 13.0 Å². The van der Waals surface area contributed by atoms with E-state index >= 15 is 0 Å². The molecule has 0 saturated carbocycles. The number of carbonyl (C=O) groups is 2. The van der Waals surface area contributed by atoms with Crippen molar-refractivity contribution in [1.29, 1.82) is 0 Å². The number of benzene rings is 1. The van der Waals surface area contributed by atoms with Crippen LogP contribution in [0.1, 0.15) is 48.0 Å². The molecule has 0 radical (unpaired) electrons. The van der Waals surface area contributed by atoms with Gasteiger partial charge in [-0.05, 0) is 68.5 Å². The van der Waals surface area contributed by atoms with Crippen LogP contribution >= 0.6 is 11.3 Å². The van der Waals surface area contributed by atoms with Crippen LogP contribution in [0.15, 0.2) is 47.0 Å². The maximum absolute atomic E-state index is 13.4. The van der Waals surface area contributed by atoms with E-state index in [9.17, 15) is 14.7 Å². The van der Waals surface area contributed by atoms with Crippen molar-refractivity contribution in [2.75, 3.05) is 40.9 Å². The van der Waals surface area contributed by atoms with Gasteiger partial charge in [0.2, 0.25) is 5.78 Å². The van der Waals surface area contributed by atoms with E-state index in [1.807, 2.05) is 25.1 Å². The number of hydrogen-bond acceptors (Lipinski definition) is 7. The van der Waals surface area contributed by atoms with Gasteiger partial charge in [0.05, 0.1) is 30.2 Å². The first-order chi connectivity index (χ1) is 16.2. The number of ether oxygens (including phenoxy) is 2. The van der Waals surface area contributed by atoms with E-state index < -0.39 is 17.7 Å². The maximum atomic E-state index is 13.4. The van der Waals surface area contributed by atoms with Crippen LogP contribution < -0.4 is 9.47 Å². The molecule has 0 aliphatic carbocycles. The molecule has 2 heterocycles. The quantitative estimate of drug-likeness (QED) is 0.438. The average Bonchev–Trinajstić information content (AvgIpc) is 3.41. The topological polar surface area (TPSA) is 79.3 Å². The molecule has 1 amide bonds. The van der Waals surface area contributed by atoms with Crippen molar-refractivity contribution in [1.82, 2.24) is 9.80 Å². The summed E-state index contributed by atoms with van der Waals surface area (Å²) < 4.78 is 11.5. The lowest BCUT2D eigenvalue weighted by Crippen LogP contribution is -2.33. The van der Waals surface area contributed by atoms with E-state index in [0.29, 0.717) is 47.4 Å². The predicted molar refractivity (Wildman–Crippen MR) is 134 cm³/mol. The smallest absolute Gasteiger partial charge is 0.290 e. The van der Waals surface area contributed by atoms with Crippen molar-refractivity contribution >= 4 is 23.0 Å². The van der Waals surface area contributed by atoms with Gasteiger partial charge >= 0.3 is 0 Å². The Balaban J connectivity index is 1.98. The molecular formula is C26H34N2O5S. The van der Waals surface area contributed by atoms with Crippen molar-refractivity contribution in [3.05, 3.63) is 57.5 Å². The first kappa shape index (κ1) is 25.8. The van der Waals surface area contributed by atoms with Gasteiger partial charge in [-0.3, -0.25) is 9.59 Å². The Kier molecular flexibility index (Phi) is 8.74. The molecule has 3 rings (SSSR count). The minimum absolute atomic E-state index is 0.104. The van der Waals surface area contributed by atoms with Crippen molar-refractivity contribution < 1.29 is 24.2 Å². The second kappa shape index (κ2) is 11.5. The van der Waals surface area contributed by atoms with Crippen LogP contribution in [0.25, 0.3) is 0 Å². The van der Waals surface area contributed by atoms with Crippen molar-refractivity contribution in [2.24, 2.45) is 5.92 Å². The molecule has 0 spiro atoms. The standard InChI is InChI=1S/C26H34N2O5S/c1-17(2)11-14-33-19-10-9-18(16-20(19)32-5)23-22(24(29)21-8-6-15-34-21)25(30)26(31)28(23)13-7-12-27(3)4/h6,8-10,15-17,23,30H,7,11-14H2,1-5H3. The average molecular weight is 487 g/mol. The number of thiophene rings is 1. The summed E-state index contributed by atoms with van der Waals surface area (Å²) in [5.41, 5.74) is 0.794. The lowest BCUT2D eigenvalue weighted by atomic mass is 9.95. The number of methoxy groups -OCH3 is 1. The highest BCUT2D eigenvalue weighted by atomic mass is 32.1. The van der Waals surface area contributed by atoms with Gasteiger partial charge in [0, 0.05) is 6.54 Å². The molecule has 1 aliphatic heterocycles. The molecular weight excluding hydrogens is 452 g/mol. The highest BCUT2D eigenvalue weighted by Gasteiger charge is 2.44. The Hall–Kier alpha value is -2.84. The fraction of sp³-hybridized carbons (Fsp3) is 0.462. The number of carbonyl (C=O) groups excluding carboxylic acids is 2. The van der Waals surface area contributed by atoms with Crippen molar-refractivity contribution in [3.63, 3.8) is 0 Å². The fourth-order valence-corrected chi connectivity index (χ4v) is 4.62. The molecule has 7 nitrogen and oxygen atoms in total. The second-order valence-corrected chi connectivity index (χ2v) is 10.0. The highest BCUT2D eigenvalue weighted by molar-refractivity contribution is 7.12. The van der Waals surface area contributed by atoms with Gasteiger partial charge in [0.1, 0.15) is 0 Å². The molecule has 0 fully saturated rings. The SMILES string of the molecule is COc1cc(C2C(C(=O)c3cccs3)=C(O)C(=O)N2CCCN(C)C)ccc1OCCC(C)C. The molecule has 1 aliphatic rings. The molecule has 1 aromatic carbocycles. The van der Waals surface area contributed by atoms with E-state index in [2.05, 4.69) is 13.8 Å². The van der Waals surface area contributed by atoms with Crippen molar-refractivity contribution in [2.45, 2.75) is 32.7 Å². The predicted octanol–water partition coefficient (Wildman–Crippen LogP) is 4.71. The number of nitrogens with zero attached hydrogens (tertiary/aromatic N) is 2. The van der Waals surface area contributed by atoms with Crippen molar-refractivity contribution in [3.8, 4) is 11.5 Å². The molecule has 1 atom stereocenters. The normalized spacial score (nSPS) is 16.1. The highest BCUT2D eigenvalue weighted by Crippen LogP contribution is 2.42. The van der Waals surface area contributed by atoms with Crippen LogP contribution in [0, 0.1) is 5.92 Å². The number of aliphatic hydroxyl groups excluding tert-OH is 1. The van der Waals surface area contributed by atoms with Crippen LogP contribution in [0.4, 0.5) is 0 Å². The van der Waals surface area contributed by atoms with E-state index in [1.54, 1.807) is 41.7 Å². The summed E-state index contributed by atoms with van der Waals surface area (Å²) in [4.78, 5) is 30.5. The molecule has 8 heteroatoms. The zero-order valence-corrected chi connectivity index (χ0v) is 21.4. The van der Waals surface area contributed by atoms with E-state index in [1.165, 1.54) is 11.3 Å². The lowest BCUT2D eigenvalue weighted by Gasteiger charge is -2.28. The number of ketones is 1. The third kappa shape index (κ3) is 5.80. The molecule has 0 bridgehead atoms. The molecule has 1 aromatic heterocycles. The number of rotatable bonds is 12. The van der Waals surface area contributed by atoms with Crippen LogP contribution in [0.2, 0.25) is 0 Å². The zero-order valence-electron chi connectivity index (χ0n) is 20.5. The Morgan fingerprint density at radius 2 is 2.00 bits per heavy atom.